The Balaban J connectivity index is 0.000000203. The van der Waals surface area contributed by atoms with E-state index < -0.39 is 64.4 Å². The van der Waals surface area contributed by atoms with Crippen molar-refractivity contribution in [1.82, 2.24) is 34.7 Å². The summed E-state index contributed by atoms with van der Waals surface area (Å²) in [4.78, 5) is 52.0. The van der Waals surface area contributed by atoms with Crippen LogP contribution in [0.1, 0.15) is 89.9 Å². The second-order valence-corrected chi connectivity index (χ2v) is 19.0. The van der Waals surface area contributed by atoms with Crippen LogP contribution in [0.2, 0.25) is 0 Å². The van der Waals surface area contributed by atoms with Gasteiger partial charge in [0.1, 0.15) is 11.4 Å². The highest BCUT2D eigenvalue weighted by atomic mass is 32.2. The number of aromatic nitrogens is 4. The molecule has 2 fully saturated rings. The van der Waals surface area contributed by atoms with E-state index in [1.54, 1.807) is 24.3 Å². The number of aryl methyl sites for hydroxylation is 2. The smallest absolute Gasteiger partial charge is 0.356 e. The first-order valence-electron chi connectivity index (χ1n) is 17.4. The van der Waals surface area contributed by atoms with Crippen LogP contribution in [0.25, 0.3) is 0 Å². The minimum absolute atomic E-state index is 0.0592. The number of nitriles is 1. The third-order valence-corrected chi connectivity index (χ3v) is 15.2. The summed E-state index contributed by atoms with van der Waals surface area (Å²) < 4.78 is 98.7. The fourth-order valence-corrected chi connectivity index (χ4v) is 9.95. The van der Waals surface area contributed by atoms with E-state index in [0.29, 0.717) is 11.1 Å². The third kappa shape index (κ3) is 7.35. The van der Waals surface area contributed by atoms with Gasteiger partial charge in [-0.2, -0.15) is 33.0 Å². The molecular weight excluding hydrogens is 805 g/mol. The first-order valence-corrected chi connectivity index (χ1v) is 20.5. The van der Waals surface area contributed by atoms with Gasteiger partial charge in [0, 0.05) is 57.9 Å². The van der Waals surface area contributed by atoms with Crippen molar-refractivity contribution in [3.63, 3.8) is 0 Å². The molecular formula is C34H36F4N8O9S2. The molecule has 7 rings (SSSR count). The number of carboxylic acid groups (broad SMARTS) is 1. The molecule has 0 bridgehead atoms. The highest BCUT2D eigenvalue weighted by molar-refractivity contribution is 7.93. The summed E-state index contributed by atoms with van der Waals surface area (Å²) in [6, 6.07) is 8.72. The SMILES string of the molecule is Cn1nc(C(=O)NCc2ccc(C#N)cc2)c2c1C(=O)N(CC1(S(=O)(=O)C(F)F)CC1)CC2.Cn1nc(C(=O)O)c2c1C(=O)N(CC1(S(=O)(=O)C(F)F)CC1)CC2. The number of carbonyl (C=O) groups is 4. The first kappa shape index (κ1) is 41.3. The number of hydrogen-bond donors (Lipinski definition) is 2. The molecule has 306 valence electrons. The number of nitrogens with one attached hydrogen (secondary N) is 1. The lowest BCUT2D eigenvalue weighted by atomic mass is 10.0. The zero-order chi connectivity index (χ0) is 41.8. The maximum Gasteiger partial charge on any atom is 0.356 e. The van der Waals surface area contributed by atoms with Gasteiger partial charge in [-0.3, -0.25) is 23.7 Å². The summed E-state index contributed by atoms with van der Waals surface area (Å²) in [6.07, 6.45) is 0.778. The van der Waals surface area contributed by atoms with Crippen LogP contribution >= 0.6 is 0 Å². The minimum Gasteiger partial charge on any atom is -0.476 e. The molecule has 2 aliphatic carbocycles. The summed E-state index contributed by atoms with van der Waals surface area (Å²) in [5.41, 5.74) is 2.09. The van der Waals surface area contributed by atoms with E-state index in [2.05, 4.69) is 15.5 Å². The predicted molar refractivity (Wildman–Crippen MR) is 189 cm³/mol. The zero-order valence-corrected chi connectivity index (χ0v) is 32.0. The number of carboxylic acids is 1. The lowest BCUT2D eigenvalue weighted by Gasteiger charge is -2.30. The Labute approximate surface area is 323 Å². The molecule has 2 saturated carbocycles. The number of alkyl halides is 4. The van der Waals surface area contributed by atoms with E-state index >= 15 is 0 Å². The van der Waals surface area contributed by atoms with Crippen LogP contribution in [0.15, 0.2) is 24.3 Å². The fourth-order valence-electron chi connectivity index (χ4n) is 7.18. The van der Waals surface area contributed by atoms with Gasteiger partial charge in [0.25, 0.3) is 17.7 Å². The summed E-state index contributed by atoms with van der Waals surface area (Å²) >= 11 is 0. The largest absolute Gasteiger partial charge is 0.476 e. The van der Waals surface area contributed by atoms with Crippen LogP contribution in [0.5, 0.6) is 0 Å². The molecule has 4 aliphatic rings. The molecule has 17 nitrogen and oxygen atoms in total. The lowest BCUT2D eigenvalue weighted by Crippen LogP contribution is -2.47. The Bertz CT molecular complexity index is 2420. The van der Waals surface area contributed by atoms with Gasteiger partial charge in [-0.05, 0) is 56.2 Å². The highest BCUT2D eigenvalue weighted by Crippen LogP contribution is 2.48. The van der Waals surface area contributed by atoms with Crippen LogP contribution in [0, 0.1) is 11.3 Å². The standard InChI is InChI=1S/C21H21F2N5O4S.C13H15F2N3O5S/c1-27-17-15(16(26-27)18(29)25-11-14-4-2-13(10-24)3-5-14)6-9-28(19(17)30)12-21(7-8-21)33(31,32)20(22)23;1-17-9-7(8(16-17)11(20)21)2-5-18(10(9)19)6-13(3-4-13)24(22,23)12(14)15/h2-5,20H,6-9,11-12H2,1H3,(H,25,29);12H,2-6H2,1H3,(H,20,21). The predicted octanol–water partition coefficient (Wildman–Crippen LogP) is 1.68. The molecule has 0 unspecified atom stereocenters. The molecule has 57 heavy (non-hydrogen) atoms. The number of rotatable bonds is 12. The summed E-state index contributed by atoms with van der Waals surface area (Å²) in [5, 5.41) is 28.7. The van der Waals surface area contributed by atoms with Crippen molar-refractivity contribution in [2.24, 2.45) is 14.1 Å². The Hall–Kier alpha value is -5.37. The van der Waals surface area contributed by atoms with Crippen LogP contribution in [0.4, 0.5) is 17.6 Å². The first-order chi connectivity index (χ1) is 26.7. The van der Waals surface area contributed by atoms with Gasteiger partial charge in [0.15, 0.2) is 11.4 Å². The summed E-state index contributed by atoms with van der Waals surface area (Å²) in [6.45, 7) is -0.245. The van der Waals surface area contributed by atoms with E-state index in [0.717, 1.165) is 10.2 Å². The highest BCUT2D eigenvalue weighted by Gasteiger charge is 2.60. The Morgan fingerprint density at radius 3 is 1.61 bits per heavy atom. The number of aromatic carboxylic acids is 1. The maximum atomic E-state index is 13.1. The molecule has 2 aromatic heterocycles. The molecule has 0 radical (unpaired) electrons. The maximum absolute atomic E-state index is 13.1. The molecule has 2 aliphatic heterocycles. The van der Waals surface area contributed by atoms with Crippen LogP contribution in [0.3, 0.4) is 0 Å². The van der Waals surface area contributed by atoms with E-state index in [4.69, 9.17) is 10.4 Å². The van der Waals surface area contributed by atoms with Crippen molar-refractivity contribution in [3.05, 3.63) is 69.3 Å². The van der Waals surface area contributed by atoms with Crippen LogP contribution in [-0.2, 0) is 53.2 Å². The number of nitrogens with zero attached hydrogens (tertiary/aromatic N) is 7. The fraction of sp³-hybridized carbons (Fsp3) is 0.500. The number of halogens is 4. The second kappa shape index (κ2) is 14.9. The molecule has 0 saturated heterocycles. The zero-order valence-electron chi connectivity index (χ0n) is 30.4. The van der Waals surface area contributed by atoms with Gasteiger partial charge in [-0.15, -0.1) is 0 Å². The van der Waals surface area contributed by atoms with E-state index in [1.165, 1.54) is 28.6 Å². The number of benzene rings is 1. The van der Waals surface area contributed by atoms with E-state index in [9.17, 15) is 53.6 Å². The normalized spacial score (nSPS) is 18.0. The van der Waals surface area contributed by atoms with E-state index in [-0.39, 0.29) is 99.6 Å². The monoisotopic (exact) mass is 840 g/mol. The van der Waals surface area contributed by atoms with Gasteiger partial charge in [0.2, 0.25) is 19.7 Å². The Morgan fingerprint density at radius 2 is 1.23 bits per heavy atom. The summed E-state index contributed by atoms with van der Waals surface area (Å²) in [5.74, 6) is -9.82. The van der Waals surface area contributed by atoms with Gasteiger partial charge in [0.05, 0.1) is 21.1 Å². The number of fused-ring (bicyclic) bond motifs is 2. The van der Waals surface area contributed by atoms with Crippen molar-refractivity contribution in [3.8, 4) is 6.07 Å². The average molecular weight is 841 g/mol. The lowest BCUT2D eigenvalue weighted by molar-refractivity contribution is 0.0685. The molecule has 3 aromatic rings. The van der Waals surface area contributed by atoms with Crippen molar-refractivity contribution in [1.29, 1.82) is 5.26 Å². The van der Waals surface area contributed by atoms with Crippen molar-refractivity contribution >= 4 is 43.4 Å². The Kier molecular flexibility index (Phi) is 10.8. The van der Waals surface area contributed by atoms with Gasteiger partial charge in [-0.1, -0.05) is 12.1 Å². The topological polar surface area (TPSA) is 235 Å². The van der Waals surface area contributed by atoms with Crippen LogP contribution < -0.4 is 5.32 Å². The number of amides is 3. The molecule has 1 aromatic carbocycles. The second-order valence-electron chi connectivity index (χ2n) is 14.3. The molecule has 0 atom stereocenters. The third-order valence-electron chi connectivity index (χ3n) is 10.7. The van der Waals surface area contributed by atoms with Gasteiger partial charge >= 0.3 is 17.5 Å². The van der Waals surface area contributed by atoms with Crippen molar-refractivity contribution in [2.75, 3.05) is 26.2 Å². The molecule has 0 spiro atoms. The number of sulfone groups is 2. The van der Waals surface area contributed by atoms with Crippen molar-refractivity contribution < 1.29 is 58.7 Å². The molecule has 3 amide bonds. The summed E-state index contributed by atoms with van der Waals surface area (Å²) in [7, 11) is -6.37. The molecule has 4 heterocycles. The average Bonchev–Trinajstić information content (AvgIpc) is 4.07. The number of carbonyl (C=O) groups excluding carboxylic acids is 3. The van der Waals surface area contributed by atoms with Crippen LogP contribution in [-0.4, -0.2) is 122 Å². The molecule has 2 N–H and O–H groups in total. The minimum atomic E-state index is -4.65. The number of hydrogen-bond acceptors (Lipinski definition) is 11. The quantitative estimate of drug-likeness (QED) is 0.248. The molecule has 23 heteroatoms. The Morgan fingerprint density at radius 1 is 0.807 bits per heavy atom. The van der Waals surface area contributed by atoms with Gasteiger partial charge < -0.3 is 20.2 Å². The van der Waals surface area contributed by atoms with E-state index in [1.807, 2.05) is 6.07 Å². The van der Waals surface area contributed by atoms with Crippen molar-refractivity contribution in [2.45, 2.75) is 66.1 Å². The van der Waals surface area contributed by atoms with Gasteiger partial charge in [-0.25, -0.2) is 21.6 Å².